The fourth-order valence-corrected chi connectivity index (χ4v) is 2.51. The highest BCUT2D eigenvalue weighted by molar-refractivity contribution is 5.83. The highest BCUT2D eigenvalue weighted by Crippen LogP contribution is 2.31. The van der Waals surface area contributed by atoms with Crippen LogP contribution in [0, 0.1) is 0 Å². The third kappa shape index (κ3) is 2.28. The van der Waals surface area contributed by atoms with Gasteiger partial charge in [-0.05, 0) is 0 Å². The Hall–Kier alpha value is -1.97. The molecule has 0 spiro atoms. The lowest BCUT2D eigenvalue weighted by Gasteiger charge is -2.15. The summed E-state index contributed by atoms with van der Waals surface area (Å²) >= 11 is 0. The number of fused-ring (bicyclic) bond motifs is 1. The van der Waals surface area contributed by atoms with Gasteiger partial charge in [-0.15, -0.1) is 0 Å². The minimum absolute atomic E-state index is 0.259. The van der Waals surface area contributed by atoms with Gasteiger partial charge in [-0.2, -0.15) is 4.98 Å². The predicted octanol–water partition coefficient (Wildman–Crippen LogP) is -1.17. The van der Waals surface area contributed by atoms with Crippen molar-refractivity contribution in [1.29, 1.82) is 0 Å². The molecule has 2 aromatic rings. The molecule has 1 saturated heterocycles. The lowest BCUT2D eigenvalue weighted by molar-refractivity contribution is -0.0432. The Morgan fingerprint density at radius 2 is 2.33 bits per heavy atom. The number of aromatic amines is 1. The molecule has 0 radical (unpaired) electrons. The van der Waals surface area contributed by atoms with Gasteiger partial charge in [0.15, 0.2) is 5.82 Å². The van der Waals surface area contributed by atoms with Crippen LogP contribution >= 0.6 is 0 Å². The first-order valence-electron chi connectivity index (χ1n) is 6.60. The zero-order chi connectivity index (χ0) is 15.1. The Labute approximate surface area is 119 Å². The summed E-state index contributed by atoms with van der Waals surface area (Å²) in [5.41, 5.74) is 0.546. The van der Waals surface area contributed by atoms with Gasteiger partial charge in [-0.25, -0.2) is 9.78 Å². The highest BCUT2D eigenvalue weighted by atomic mass is 16.5. The standard InChI is InChI=1S/C12H17N5O4/c1-16(2)10-9-11(15-12(20)14-10)17(5-13-9)8-3-6(19)7(4-18)21-8/h5-8,18-19H,3-4H2,1-2H3,(H,14,15,20)/t6-,7+,8+/m0/s1. The zero-order valence-corrected chi connectivity index (χ0v) is 11.7. The molecule has 114 valence electrons. The number of aliphatic hydroxyl groups is 2. The molecule has 21 heavy (non-hydrogen) atoms. The number of hydrogen-bond acceptors (Lipinski definition) is 7. The molecule has 9 nitrogen and oxygen atoms in total. The first-order valence-corrected chi connectivity index (χ1v) is 6.60. The number of hydrogen-bond donors (Lipinski definition) is 3. The number of nitrogens with zero attached hydrogens (tertiary/aromatic N) is 4. The average Bonchev–Trinajstić information content (AvgIpc) is 3.00. The van der Waals surface area contributed by atoms with Crippen molar-refractivity contribution in [3.8, 4) is 0 Å². The van der Waals surface area contributed by atoms with Gasteiger partial charge in [0, 0.05) is 20.5 Å². The van der Waals surface area contributed by atoms with E-state index >= 15 is 0 Å². The topological polar surface area (TPSA) is 117 Å². The summed E-state index contributed by atoms with van der Waals surface area (Å²) in [7, 11) is 3.55. The van der Waals surface area contributed by atoms with Crippen LogP contribution in [-0.4, -0.2) is 62.6 Å². The van der Waals surface area contributed by atoms with Crippen LogP contribution in [0.1, 0.15) is 12.6 Å². The Balaban J connectivity index is 2.07. The van der Waals surface area contributed by atoms with Crippen molar-refractivity contribution in [2.24, 2.45) is 0 Å². The molecule has 0 saturated carbocycles. The average molecular weight is 295 g/mol. The van der Waals surface area contributed by atoms with Gasteiger partial charge >= 0.3 is 5.69 Å². The number of anilines is 1. The maximum atomic E-state index is 11.7. The summed E-state index contributed by atoms with van der Waals surface area (Å²) < 4.78 is 7.23. The van der Waals surface area contributed by atoms with E-state index in [1.807, 2.05) is 0 Å². The van der Waals surface area contributed by atoms with Gasteiger partial charge in [0.05, 0.1) is 19.0 Å². The maximum absolute atomic E-state index is 11.7. The molecule has 0 bridgehead atoms. The van der Waals surface area contributed by atoms with Crippen LogP contribution in [0.2, 0.25) is 0 Å². The SMILES string of the molecule is CN(C)c1nc(=O)[nH]c2c1ncn2[C@H]1C[C@H](O)[C@@H](CO)O1. The van der Waals surface area contributed by atoms with Crippen molar-refractivity contribution >= 4 is 17.0 Å². The van der Waals surface area contributed by atoms with Crippen LogP contribution in [0.25, 0.3) is 11.2 Å². The van der Waals surface area contributed by atoms with Gasteiger partial charge in [-0.3, -0.25) is 9.55 Å². The van der Waals surface area contributed by atoms with Crippen molar-refractivity contribution in [1.82, 2.24) is 19.5 Å². The van der Waals surface area contributed by atoms with E-state index in [2.05, 4.69) is 15.0 Å². The van der Waals surface area contributed by atoms with E-state index in [0.717, 1.165) is 0 Å². The fraction of sp³-hybridized carbons (Fsp3) is 0.583. The molecule has 1 fully saturated rings. The Morgan fingerprint density at radius 1 is 1.57 bits per heavy atom. The number of imidazole rings is 1. The molecule has 0 unspecified atom stereocenters. The molecule has 9 heteroatoms. The summed E-state index contributed by atoms with van der Waals surface area (Å²) in [5.74, 6) is 0.463. The quantitative estimate of drug-likeness (QED) is 0.653. The summed E-state index contributed by atoms with van der Waals surface area (Å²) in [6, 6.07) is 0. The van der Waals surface area contributed by atoms with E-state index in [-0.39, 0.29) is 6.61 Å². The molecule has 0 amide bonds. The van der Waals surface area contributed by atoms with Crippen LogP contribution in [0.4, 0.5) is 5.82 Å². The number of H-pyrrole nitrogens is 1. The molecule has 1 aliphatic rings. The maximum Gasteiger partial charge on any atom is 0.348 e. The summed E-state index contributed by atoms with van der Waals surface area (Å²) in [6.07, 6.45) is -0.0195. The minimum Gasteiger partial charge on any atom is -0.394 e. The van der Waals surface area contributed by atoms with Crippen LogP contribution < -0.4 is 10.6 Å². The Morgan fingerprint density at radius 3 is 2.95 bits per heavy atom. The first-order chi connectivity index (χ1) is 10.0. The zero-order valence-electron chi connectivity index (χ0n) is 11.7. The van der Waals surface area contributed by atoms with E-state index in [4.69, 9.17) is 9.84 Å². The fourth-order valence-electron chi connectivity index (χ4n) is 2.51. The van der Waals surface area contributed by atoms with Gasteiger partial charge in [0.1, 0.15) is 23.5 Å². The minimum atomic E-state index is -0.751. The molecule has 3 rings (SSSR count). The van der Waals surface area contributed by atoms with Crippen molar-refractivity contribution < 1.29 is 14.9 Å². The van der Waals surface area contributed by atoms with Crippen LogP contribution in [-0.2, 0) is 4.74 Å². The van der Waals surface area contributed by atoms with E-state index in [9.17, 15) is 9.90 Å². The van der Waals surface area contributed by atoms with Crippen LogP contribution in [0.3, 0.4) is 0 Å². The lowest BCUT2D eigenvalue weighted by Crippen LogP contribution is -2.24. The molecule has 0 aliphatic carbocycles. The number of nitrogens with one attached hydrogen (secondary N) is 1. The van der Waals surface area contributed by atoms with Crippen molar-refractivity contribution in [3.05, 3.63) is 16.8 Å². The van der Waals surface area contributed by atoms with Gasteiger partial charge < -0.3 is 19.8 Å². The Kier molecular flexibility index (Phi) is 3.40. The summed E-state index contributed by atoms with van der Waals surface area (Å²) in [6.45, 7) is -0.259. The first kappa shape index (κ1) is 14.0. The second-order valence-corrected chi connectivity index (χ2v) is 5.22. The van der Waals surface area contributed by atoms with Crippen molar-refractivity contribution in [2.45, 2.75) is 24.9 Å². The third-order valence-electron chi connectivity index (χ3n) is 3.56. The Bertz CT molecular complexity index is 709. The monoisotopic (exact) mass is 295 g/mol. The second-order valence-electron chi connectivity index (χ2n) is 5.22. The van der Waals surface area contributed by atoms with Gasteiger partial charge in [-0.1, -0.05) is 0 Å². The van der Waals surface area contributed by atoms with E-state index in [1.54, 1.807) is 23.6 Å². The molecule has 3 atom stereocenters. The van der Waals surface area contributed by atoms with E-state index in [0.29, 0.717) is 23.4 Å². The number of aliphatic hydroxyl groups excluding tert-OH is 2. The number of rotatable bonds is 3. The smallest absolute Gasteiger partial charge is 0.348 e. The van der Waals surface area contributed by atoms with Gasteiger partial charge in [0.2, 0.25) is 0 Å². The van der Waals surface area contributed by atoms with E-state index in [1.165, 1.54) is 6.33 Å². The summed E-state index contributed by atoms with van der Waals surface area (Å²) in [4.78, 5) is 24.2. The predicted molar refractivity (Wildman–Crippen MR) is 74.1 cm³/mol. The normalized spacial score (nSPS) is 25.6. The van der Waals surface area contributed by atoms with Crippen LogP contribution in [0.15, 0.2) is 11.1 Å². The third-order valence-corrected chi connectivity index (χ3v) is 3.56. The largest absolute Gasteiger partial charge is 0.394 e. The molecular formula is C12H17N5O4. The van der Waals surface area contributed by atoms with E-state index < -0.39 is 24.1 Å². The number of aromatic nitrogens is 4. The van der Waals surface area contributed by atoms with Gasteiger partial charge in [0.25, 0.3) is 0 Å². The molecule has 0 aromatic carbocycles. The van der Waals surface area contributed by atoms with Crippen molar-refractivity contribution in [2.75, 3.05) is 25.6 Å². The van der Waals surface area contributed by atoms with Crippen molar-refractivity contribution in [3.63, 3.8) is 0 Å². The highest BCUT2D eigenvalue weighted by Gasteiger charge is 2.35. The molecule has 3 heterocycles. The van der Waals surface area contributed by atoms with Crippen LogP contribution in [0.5, 0.6) is 0 Å². The second kappa shape index (κ2) is 5.10. The molecule has 2 aromatic heterocycles. The number of ether oxygens (including phenoxy) is 1. The molecule has 1 aliphatic heterocycles. The summed E-state index contributed by atoms with van der Waals surface area (Å²) in [5, 5.41) is 19.0. The molecule has 3 N–H and O–H groups in total. The lowest BCUT2D eigenvalue weighted by atomic mass is 10.2. The molecular weight excluding hydrogens is 278 g/mol.